The Balaban J connectivity index is 1.55. The molecule has 1 heterocycles. The van der Waals surface area contributed by atoms with E-state index in [-0.39, 0.29) is 5.72 Å². The van der Waals surface area contributed by atoms with Crippen molar-refractivity contribution in [2.75, 3.05) is 10.2 Å². The lowest BCUT2D eigenvalue weighted by molar-refractivity contribution is 0.162. The maximum Gasteiger partial charge on any atom is 0.175 e. The lowest BCUT2D eigenvalue weighted by Crippen LogP contribution is -2.31. The third-order valence-electron chi connectivity index (χ3n) is 5.73. The van der Waals surface area contributed by atoms with E-state index in [0.717, 1.165) is 37.4 Å². The molecule has 3 nitrogen and oxygen atoms in total. The van der Waals surface area contributed by atoms with Crippen molar-refractivity contribution in [2.24, 2.45) is 0 Å². The molecule has 5 rings (SSSR count). The predicted molar refractivity (Wildman–Crippen MR) is 145 cm³/mol. The van der Waals surface area contributed by atoms with Crippen LogP contribution in [0.3, 0.4) is 0 Å². The molecule has 1 N–H and O–H groups in total. The van der Waals surface area contributed by atoms with Crippen LogP contribution in [0, 0.1) is 6.92 Å². The fourth-order valence-electron chi connectivity index (χ4n) is 4.25. The highest BCUT2D eigenvalue weighted by atomic mass is 79.9. The Labute approximate surface area is 211 Å². The fourth-order valence-corrected chi connectivity index (χ4v) is 4.78. The zero-order chi connectivity index (χ0) is 23.2. The number of hydrogen-bond acceptors (Lipinski definition) is 3. The Morgan fingerprint density at radius 1 is 0.727 bits per heavy atom. The van der Waals surface area contributed by atoms with Crippen LogP contribution in [0.15, 0.2) is 93.9 Å². The molecular formula is C28H24Br2N2O. The molecule has 1 aliphatic heterocycles. The van der Waals surface area contributed by atoms with Crippen molar-refractivity contribution in [1.29, 1.82) is 0 Å². The fraction of sp³-hybridized carbons (Fsp3) is 0.143. The lowest BCUT2D eigenvalue weighted by atomic mass is 9.98. The summed E-state index contributed by atoms with van der Waals surface area (Å²) in [5.74, 6) is 0.898. The molecule has 33 heavy (non-hydrogen) atoms. The van der Waals surface area contributed by atoms with Crippen molar-refractivity contribution in [3.8, 4) is 16.9 Å². The third kappa shape index (κ3) is 4.53. The Kier molecular flexibility index (Phi) is 5.71. The summed E-state index contributed by atoms with van der Waals surface area (Å²) in [6.07, 6.45) is 0. The topological polar surface area (TPSA) is 24.5 Å². The second-order valence-corrected chi connectivity index (χ2v) is 10.6. The maximum absolute atomic E-state index is 5.96. The molecule has 0 fully saturated rings. The standard InChI is InChI=1S/C28H24Br2N2O/c1-18-16-24(13-14-25(18)19-4-15-27-26(17-19)31-28(2,3)33-27)32(22-9-5-20(29)6-10-22)23-11-7-21(30)8-12-23/h4-17,31H,1-3H3. The Morgan fingerprint density at radius 2 is 1.30 bits per heavy atom. The van der Waals surface area contributed by atoms with Crippen molar-refractivity contribution < 1.29 is 4.74 Å². The number of rotatable bonds is 4. The monoisotopic (exact) mass is 562 g/mol. The van der Waals surface area contributed by atoms with Gasteiger partial charge >= 0.3 is 0 Å². The molecule has 0 saturated heterocycles. The summed E-state index contributed by atoms with van der Waals surface area (Å²) in [5, 5.41) is 3.45. The second-order valence-electron chi connectivity index (χ2n) is 8.74. The van der Waals surface area contributed by atoms with Gasteiger partial charge in [0.25, 0.3) is 0 Å². The molecule has 0 aliphatic carbocycles. The number of hydrogen-bond donors (Lipinski definition) is 1. The minimum Gasteiger partial charge on any atom is -0.467 e. The van der Waals surface area contributed by atoms with Gasteiger partial charge in [0.05, 0.1) is 5.69 Å². The number of nitrogens with one attached hydrogen (secondary N) is 1. The van der Waals surface area contributed by atoms with Crippen molar-refractivity contribution in [2.45, 2.75) is 26.5 Å². The van der Waals surface area contributed by atoms with Crippen LogP contribution in [0.5, 0.6) is 5.75 Å². The van der Waals surface area contributed by atoms with Crippen LogP contribution in [0.2, 0.25) is 0 Å². The molecule has 166 valence electrons. The molecule has 0 atom stereocenters. The summed E-state index contributed by atoms with van der Waals surface area (Å²) in [5.41, 5.74) is 7.57. The van der Waals surface area contributed by atoms with E-state index in [2.05, 4.69) is 134 Å². The molecule has 5 heteroatoms. The molecule has 4 aromatic carbocycles. The van der Waals surface area contributed by atoms with Crippen LogP contribution >= 0.6 is 31.9 Å². The first-order chi connectivity index (χ1) is 15.8. The number of fused-ring (bicyclic) bond motifs is 1. The third-order valence-corrected chi connectivity index (χ3v) is 6.79. The molecule has 0 aromatic heterocycles. The van der Waals surface area contributed by atoms with Crippen molar-refractivity contribution >= 4 is 54.6 Å². The van der Waals surface area contributed by atoms with E-state index in [1.807, 2.05) is 13.8 Å². The number of halogens is 2. The van der Waals surface area contributed by atoms with Crippen LogP contribution in [0.25, 0.3) is 11.1 Å². The van der Waals surface area contributed by atoms with E-state index < -0.39 is 0 Å². The zero-order valence-electron chi connectivity index (χ0n) is 18.7. The largest absolute Gasteiger partial charge is 0.467 e. The highest BCUT2D eigenvalue weighted by Crippen LogP contribution is 2.41. The van der Waals surface area contributed by atoms with Gasteiger partial charge in [0.2, 0.25) is 0 Å². The summed E-state index contributed by atoms with van der Waals surface area (Å²) < 4.78 is 8.08. The minimum atomic E-state index is -0.379. The van der Waals surface area contributed by atoms with Gasteiger partial charge in [-0.1, -0.05) is 44.0 Å². The number of anilines is 4. The maximum atomic E-state index is 5.96. The van der Waals surface area contributed by atoms with Gasteiger partial charge in [-0.3, -0.25) is 0 Å². The van der Waals surface area contributed by atoms with Gasteiger partial charge in [0.15, 0.2) is 5.72 Å². The SMILES string of the molecule is Cc1cc(N(c2ccc(Br)cc2)c2ccc(Br)cc2)ccc1-c1ccc2c(c1)NC(C)(C)O2. The number of aryl methyl sites for hydroxylation is 1. The number of ether oxygens (including phenoxy) is 1. The average Bonchev–Trinajstić information content (AvgIpc) is 3.09. The lowest BCUT2D eigenvalue weighted by Gasteiger charge is -2.26. The molecule has 0 amide bonds. The smallest absolute Gasteiger partial charge is 0.175 e. The molecular weight excluding hydrogens is 540 g/mol. The van der Waals surface area contributed by atoms with Gasteiger partial charge in [0, 0.05) is 26.0 Å². The van der Waals surface area contributed by atoms with Crippen LogP contribution in [-0.2, 0) is 0 Å². The predicted octanol–water partition coefficient (Wildman–Crippen LogP) is 9.20. The average molecular weight is 564 g/mol. The van der Waals surface area contributed by atoms with Gasteiger partial charge in [-0.05, 0) is 110 Å². The Bertz CT molecular complexity index is 1270. The van der Waals surface area contributed by atoms with Crippen molar-refractivity contribution in [3.63, 3.8) is 0 Å². The Morgan fingerprint density at radius 3 is 1.88 bits per heavy atom. The summed E-state index contributed by atoms with van der Waals surface area (Å²) in [4.78, 5) is 2.27. The second kappa shape index (κ2) is 8.54. The summed E-state index contributed by atoms with van der Waals surface area (Å²) in [6, 6.07) is 29.8. The molecule has 0 spiro atoms. The zero-order valence-corrected chi connectivity index (χ0v) is 21.9. The van der Waals surface area contributed by atoms with E-state index in [9.17, 15) is 0 Å². The first kappa shape index (κ1) is 22.1. The first-order valence-electron chi connectivity index (χ1n) is 10.8. The number of nitrogens with zero attached hydrogens (tertiary/aromatic N) is 1. The number of benzene rings is 4. The summed E-state index contributed by atoms with van der Waals surface area (Å²) in [7, 11) is 0. The normalized spacial score (nSPS) is 13.7. The van der Waals surface area contributed by atoms with Gasteiger partial charge in [-0.2, -0.15) is 0 Å². The van der Waals surface area contributed by atoms with E-state index in [1.165, 1.54) is 16.7 Å². The van der Waals surface area contributed by atoms with Crippen LogP contribution in [0.4, 0.5) is 22.7 Å². The molecule has 0 saturated carbocycles. The van der Waals surface area contributed by atoms with E-state index in [1.54, 1.807) is 0 Å². The van der Waals surface area contributed by atoms with E-state index in [0.29, 0.717) is 0 Å². The Hall–Kier alpha value is -2.76. The summed E-state index contributed by atoms with van der Waals surface area (Å²) in [6.45, 7) is 6.23. The molecule has 0 radical (unpaired) electrons. The molecule has 0 unspecified atom stereocenters. The van der Waals surface area contributed by atoms with Gasteiger partial charge in [0.1, 0.15) is 5.75 Å². The van der Waals surface area contributed by atoms with Gasteiger partial charge < -0.3 is 15.0 Å². The molecule has 4 aromatic rings. The van der Waals surface area contributed by atoms with Crippen LogP contribution in [-0.4, -0.2) is 5.72 Å². The van der Waals surface area contributed by atoms with Crippen LogP contribution in [0.1, 0.15) is 19.4 Å². The van der Waals surface area contributed by atoms with Crippen LogP contribution < -0.4 is 15.0 Å². The van der Waals surface area contributed by atoms with E-state index >= 15 is 0 Å². The highest BCUT2D eigenvalue weighted by molar-refractivity contribution is 9.10. The summed E-state index contributed by atoms with van der Waals surface area (Å²) >= 11 is 7.11. The minimum absolute atomic E-state index is 0.379. The van der Waals surface area contributed by atoms with Gasteiger partial charge in [-0.25, -0.2) is 0 Å². The first-order valence-corrected chi connectivity index (χ1v) is 12.4. The van der Waals surface area contributed by atoms with E-state index in [4.69, 9.17) is 4.74 Å². The van der Waals surface area contributed by atoms with Crippen molar-refractivity contribution in [3.05, 3.63) is 99.4 Å². The molecule has 0 bridgehead atoms. The highest BCUT2D eigenvalue weighted by Gasteiger charge is 2.29. The van der Waals surface area contributed by atoms with Gasteiger partial charge in [-0.15, -0.1) is 0 Å². The quantitative estimate of drug-likeness (QED) is 0.268. The van der Waals surface area contributed by atoms with Crippen molar-refractivity contribution in [1.82, 2.24) is 0 Å². The molecule has 1 aliphatic rings.